The van der Waals surface area contributed by atoms with Crippen molar-refractivity contribution in [2.45, 2.75) is 26.3 Å². The number of rotatable bonds is 2. The van der Waals surface area contributed by atoms with Gasteiger partial charge in [0.2, 0.25) is 0 Å². The topological polar surface area (TPSA) is 26.0 Å². The minimum Gasteiger partial charge on any atom is -0.322 e. The Morgan fingerprint density at radius 1 is 1.36 bits per heavy atom. The van der Waals surface area contributed by atoms with Gasteiger partial charge in [-0.15, -0.1) is 13.2 Å². The summed E-state index contributed by atoms with van der Waals surface area (Å²) in [6, 6.07) is 0. The molecule has 0 saturated heterocycles. The Bertz CT molecular complexity index is 137. The van der Waals surface area contributed by atoms with Crippen molar-refractivity contribution in [2.24, 2.45) is 5.73 Å². The van der Waals surface area contributed by atoms with Crippen LogP contribution in [0.3, 0.4) is 0 Å². The minimum absolute atomic E-state index is 0.240. The summed E-state index contributed by atoms with van der Waals surface area (Å²) in [6.45, 7) is 15.5. The Hall–Kier alpha value is -0.820. The molecule has 0 atom stereocenters. The molecule has 0 rings (SSSR count). The van der Waals surface area contributed by atoms with Gasteiger partial charge in [-0.1, -0.05) is 18.7 Å². The lowest BCUT2D eigenvalue weighted by Crippen LogP contribution is -2.33. The molecule has 0 saturated carbocycles. The maximum Gasteiger partial charge on any atom is 0.0348 e. The molecule has 11 heavy (non-hydrogen) atoms. The van der Waals surface area contributed by atoms with E-state index in [1.54, 1.807) is 6.08 Å². The molecule has 0 heterocycles. The van der Waals surface area contributed by atoms with Crippen LogP contribution in [-0.4, -0.2) is 5.54 Å². The van der Waals surface area contributed by atoms with Crippen molar-refractivity contribution in [3.63, 3.8) is 0 Å². The molecule has 64 valence electrons. The van der Waals surface area contributed by atoms with Gasteiger partial charge in [-0.25, -0.2) is 0 Å². The fraction of sp³-hybridized carbons (Fsp3) is 0.400. The van der Waals surface area contributed by atoms with Crippen molar-refractivity contribution in [3.05, 3.63) is 37.5 Å². The van der Waals surface area contributed by atoms with Crippen molar-refractivity contribution in [1.29, 1.82) is 0 Å². The van der Waals surface area contributed by atoms with Crippen LogP contribution in [0.1, 0.15) is 20.8 Å². The summed E-state index contributed by atoms with van der Waals surface area (Å²) < 4.78 is 0. The van der Waals surface area contributed by atoms with Gasteiger partial charge in [-0.3, -0.25) is 0 Å². The molecule has 0 aliphatic rings. The molecule has 0 spiro atoms. The molecule has 0 fully saturated rings. The van der Waals surface area contributed by atoms with Crippen LogP contribution >= 0.6 is 0 Å². The van der Waals surface area contributed by atoms with E-state index >= 15 is 0 Å². The number of nitrogens with two attached hydrogens (primary N) is 1. The molecule has 0 unspecified atom stereocenters. The van der Waals surface area contributed by atoms with Gasteiger partial charge in [-0.2, -0.15) is 0 Å². The van der Waals surface area contributed by atoms with Crippen molar-refractivity contribution >= 4 is 0 Å². The van der Waals surface area contributed by atoms with Gasteiger partial charge in [0.1, 0.15) is 0 Å². The van der Waals surface area contributed by atoms with E-state index in [0.29, 0.717) is 0 Å². The van der Waals surface area contributed by atoms with E-state index in [0.717, 1.165) is 5.57 Å². The first-order valence-corrected chi connectivity index (χ1v) is 3.60. The van der Waals surface area contributed by atoms with Crippen LogP contribution in [0.15, 0.2) is 37.5 Å². The highest BCUT2D eigenvalue weighted by atomic mass is 14.7. The highest BCUT2D eigenvalue weighted by molar-refractivity contribution is 5.26. The highest BCUT2D eigenvalue weighted by Gasteiger charge is 2.12. The van der Waals surface area contributed by atoms with Crippen LogP contribution in [0.2, 0.25) is 0 Å². The van der Waals surface area contributed by atoms with Gasteiger partial charge >= 0.3 is 0 Å². The second kappa shape index (κ2) is 5.93. The normalized spacial score (nSPS) is 11.5. The zero-order chi connectivity index (χ0) is 9.49. The first kappa shape index (κ1) is 12.8. The smallest absolute Gasteiger partial charge is 0.0348 e. The average Bonchev–Trinajstić information content (AvgIpc) is 1.92. The van der Waals surface area contributed by atoms with Crippen molar-refractivity contribution in [3.8, 4) is 0 Å². The molecular formula is C10H19N. The second-order valence-corrected chi connectivity index (χ2v) is 2.67. The second-order valence-electron chi connectivity index (χ2n) is 2.67. The monoisotopic (exact) mass is 153 g/mol. The molecule has 0 amide bonds. The van der Waals surface area contributed by atoms with Crippen LogP contribution in [0.5, 0.6) is 0 Å². The molecule has 0 aromatic rings. The average molecular weight is 153 g/mol. The zero-order valence-corrected chi connectivity index (χ0v) is 7.85. The van der Waals surface area contributed by atoms with E-state index in [2.05, 4.69) is 19.7 Å². The van der Waals surface area contributed by atoms with E-state index in [9.17, 15) is 0 Å². The summed E-state index contributed by atoms with van der Waals surface area (Å²) in [7, 11) is 0. The molecule has 1 nitrogen and oxygen atoms in total. The van der Waals surface area contributed by atoms with Gasteiger partial charge in [0, 0.05) is 5.54 Å². The summed E-state index contributed by atoms with van der Waals surface area (Å²) in [5.74, 6) is 0. The van der Waals surface area contributed by atoms with Crippen molar-refractivity contribution in [1.82, 2.24) is 0 Å². The summed E-state index contributed by atoms with van der Waals surface area (Å²) in [5, 5.41) is 0. The Balaban J connectivity index is 0. The van der Waals surface area contributed by atoms with Crippen LogP contribution in [-0.2, 0) is 0 Å². The minimum atomic E-state index is -0.240. The SMILES string of the molecule is C=C.C=C/C(=C\C)C(C)(C)N. The van der Waals surface area contributed by atoms with Gasteiger partial charge < -0.3 is 5.73 Å². The third kappa shape index (κ3) is 5.62. The molecule has 2 N–H and O–H groups in total. The molecule has 0 aromatic heterocycles. The van der Waals surface area contributed by atoms with Crippen LogP contribution in [0.25, 0.3) is 0 Å². The molecule has 1 heteroatoms. The molecule has 0 aromatic carbocycles. The van der Waals surface area contributed by atoms with Gasteiger partial charge in [0.25, 0.3) is 0 Å². The van der Waals surface area contributed by atoms with Crippen LogP contribution in [0.4, 0.5) is 0 Å². The lowest BCUT2D eigenvalue weighted by molar-refractivity contribution is 0.625. The molecular weight excluding hydrogens is 134 g/mol. The van der Waals surface area contributed by atoms with E-state index in [-0.39, 0.29) is 5.54 Å². The van der Waals surface area contributed by atoms with Crippen LogP contribution < -0.4 is 5.73 Å². The van der Waals surface area contributed by atoms with Gasteiger partial charge in [-0.05, 0) is 26.3 Å². The standard InChI is InChI=1S/C8H15N.C2H4/c1-5-7(6-2)8(3,4)9;1-2/h5-6H,1,9H2,2-4H3;1-2H2/b7-6+;. The van der Waals surface area contributed by atoms with Crippen molar-refractivity contribution in [2.75, 3.05) is 0 Å². The van der Waals surface area contributed by atoms with Crippen molar-refractivity contribution < 1.29 is 0 Å². The Morgan fingerprint density at radius 2 is 1.73 bits per heavy atom. The van der Waals surface area contributed by atoms with Crippen LogP contribution in [0, 0.1) is 0 Å². The molecule has 0 aliphatic heterocycles. The summed E-state index contributed by atoms with van der Waals surface area (Å²) >= 11 is 0. The lowest BCUT2D eigenvalue weighted by atomic mass is 9.95. The molecule has 0 radical (unpaired) electrons. The summed E-state index contributed by atoms with van der Waals surface area (Å²) in [4.78, 5) is 0. The Morgan fingerprint density at radius 3 is 1.73 bits per heavy atom. The zero-order valence-electron chi connectivity index (χ0n) is 7.85. The Kier molecular flexibility index (Phi) is 6.91. The highest BCUT2D eigenvalue weighted by Crippen LogP contribution is 2.11. The fourth-order valence-electron chi connectivity index (χ4n) is 0.753. The number of hydrogen-bond donors (Lipinski definition) is 1. The maximum atomic E-state index is 5.76. The molecule has 0 aliphatic carbocycles. The van der Waals surface area contributed by atoms with E-state index < -0.39 is 0 Å². The first-order chi connectivity index (χ1) is 5.02. The summed E-state index contributed by atoms with van der Waals surface area (Å²) in [6.07, 6.45) is 3.77. The predicted octanol–water partition coefficient (Wildman–Crippen LogP) is 2.66. The first-order valence-electron chi connectivity index (χ1n) is 3.60. The Labute approximate surface area is 70.3 Å². The van der Waals surface area contributed by atoms with E-state index in [1.807, 2.05) is 26.8 Å². The fourth-order valence-corrected chi connectivity index (χ4v) is 0.753. The third-order valence-corrected chi connectivity index (χ3v) is 1.27. The largest absolute Gasteiger partial charge is 0.322 e. The maximum absolute atomic E-state index is 5.76. The van der Waals surface area contributed by atoms with Gasteiger partial charge in [0.15, 0.2) is 0 Å². The summed E-state index contributed by atoms with van der Waals surface area (Å²) in [5.41, 5.74) is 6.61. The number of allylic oxidation sites excluding steroid dienone is 1. The number of hydrogen-bond acceptors (Lipinski definition) is 1. The van der Waals surface area contributed by atoms with E-state index in [1.165, 1.54) is 0 Å². The predicted molar refractivity (Wildman–Crippen MR) is 53.5 cm³/mol. The van der Waals surface area contributed by atoms with E-state index in [4.69, 9.17) is 5.73 Å². The van der Waals surface area contributed by atoms with Gasteiger partial charge in [0.05, 0.1) is 0 Å². The lowest BCUT2D eigenvalue weighted by Gasteiger charge is -2.19. The quantitative estimate of drug-likeness (QED) is 0.479. The molecule has 0 bridgehead atoms. The third-order valence-electron chi connectivity index (χ3n) is 1.27.